The molecule has 3 nitrogen and oxygen atoms in total. The van der Waals surface area contributed by atoms with E-state index in [4.69, 9.17) is 5.11 Å². The van der Waals surface area contributed by atoms with Gasteiger partial charge in [0.15, 0.2) is 0 Å². The van der Waals surface area contributed by atoms with E-state index in [1.165, 1.54) is 19.5 Å². The summed E-state index contributed by atoms with van der Waals surface area (Å²) in [6.07, 6.45) is 1.31. The van der Waals surface area contributed by atoms with E-state index < -0.39 is 0 Å². The molecule has 0 aliphatic carbocycles. The quantitative estimate of drug-likeness (QED) is 0.611. The molecule has 2 aliphatic rings. The fourth-order valence-corrected chi connectivity index (χ4v) is 2.23. The van der Waals surface area contributed by atoms with Crippen LogP contribution in [0.2, 0.25) is 0 Å². The molecule has 0 radical (unpaired) electrons. The van der Waals surface area contributed by atoms with Crippen LogP contribution in [0.15, 0.2) is 0 Å². The van der Waals surface area contributed by atoms with Crippen LogP contribution in [-0.4, -0.2) is 60.8 Å². The number of hydrogen-bond donors (Lipinski definition) is 1. The molecule has 0 spiro atoms. The summed E-state index contributed by atoms with van der Waals surface area (Å²) in [6, 6.07) is 0.776. The first-order chi connectivity index (χ1) is 5.79. The summed E-state index contributed by atoms with van der Waals surface area (Å²) in [5.74, 6) is 0.566. The molecular formula is C9H18N2O. The van der Waals surface area contributed by atoms with Crippen LogP contribution in [0.1, 0.15) is 6.42 Å². The lowest BCUT2D eigenvalue weighted by Gasteiger charge is -2.42. The number of rotatable bonds is 2. The molecule has 2 rings (SSSR count). The predicted molar refractivity (Wildman–Crippen MR) is 48.1 cm³/mol. The van der Waals surface area contributed by atoms with Gasteiger partial charge in [-0.25, -0.2) is 0 Å². The average Bonchev–Trinajstić information content (AvgIpc) is 2.34. The minimum Gasteiger partial charge on any atom is -0.396 e. The summed E-state index contributed by atoms with van der Waals surface area (Å²) in [5.41, 5.74) is 0. The molecular weight excluding hydrogens is 152 g/mol. The number of hydrogen-bond acceptors (Lipinski definition) is 3. The van der Waals surface area contributed by atoms with E-state index in [0.717, 1.165) is 19.1 Å². The summed E-state index contributed by atoms with van der Waals surface area (Å²) in [5, 5.41) is 8.86. The van der Waals surface area contributed by atoms with Crippen molar-refractivity contribution in [3.05, 3.63) is 0 Å². The maximum Gasteiger partial charge on any atom is 0.0483 e. The highest BCUT2D eigenvalue weighted by atomic mass is 16.3. The van der Waals surface area contributed by atoms with E-state index in [1.54, 1.807) is 0 Å². The van der Waals surface area contributed by atoms with Crippen molar-refractivity contribution in [2.24, 2.45) is 5.92 Å². The van der Waals surface area contributed by atoms with Crippen molar-refractivity contribution in [1.82, 2.24) is 9.80 Å². The monoisotopic (exact) mass is 170 g/mol. The molecule has 0 aromatic rings. The van der Waals surface area contributed by atoms with Crippen molar-refractivity contribution >= 4 is 0 Å². The van der Waals surface area contributed by atoms with Crippen molar-refractivity contribution in [3.63, 3.8) is 0 Å². The van der Waals surface area contributed by atoms with E-state index in [2.05, 4.69) is 16.8 Å². The smallest absolute Gasteiger partial charge is 0.0483 e. The molecule has 0 aromatic carbocycles. The van der Waals surface area contributed by atoms with E-state index >= 15 is 0 Å². The highest BCUT2D eigenvalue weighted by Gasteiger charge is 2.34. The first kappa shape index (κ1) is 8.48. The second-order valence-electron chi connectivity index (χ2n) is 4.21. The van der Waals surface area contributed by atoms with Gasteiger partial charge in [-0.15, -0.1) is 0 Å². The van der Waals surface area contributed by atoms with Crippen LogP contribution in [0.4, 0.5) is 0 Å². The molecule has 1 unspecified atom stereocenters. The number of likely N-dealkylation sites (tertiary alicyclic amines) is 2. The molecule has 1 N–H and O–H groups in total. The Balaban J connectivity index is 1.74. The summed E-state index contributed by atoms with van der Waals surface area (Å²) in [4.78, 5) is 4.89. The lowest BCUT2D eigenvalue weighted by molar-refractivity contribution is 0.0230. The largest absolute Gasteiger partial charge is 0.396 e. The average molecular weight is 170 g/mol. The topological polar surface area (TPSA) is 26.7 Å². The molecule has 0 aromatic heterocycles. The fraction of sp³-hybridized carbons (Fsp3) is 1.00. The normalized spacial score (nSPS) is 34.0. The van der Waals surface area contributed by atoms with Gasteiger partial charge in [0.05, 0.1) is 0 Å². The number of nitrogens with zero attached hydrogens (tertiary/aromatic N) is 2. The van der Waals surface area contributed by atoms with Gasteiger partial charge in [-0.1, -0.05) is 0 Å². The number of likely N-dealkylation sites (N-methyl/N-ethyl adjacent to an activating group) is 1. The molecule has 3 heteroatoms. The van der Waals surface area contributed by atoms with Crippen molar-refractivity contribution in [2.45, 2.75) is 12.5 Å². The second-order valence-corrected chi connectivity index (χ2v) is 4.21. The minimum atomic E-state index is 0.374. The zero-order valence-electron chi connectivity index (χ0n) is 7.74. The first-order valence-electron chi connectivity index (χ1n) is 4.83. The Bertz CT molecular complexity index is 157. The standard InChI is InChI=1S/C9H18N2O/c1-10-3-2-9(6-10)11-4-8(5-11)7-12/h8-9,12H,2-7H2,1H3. The van der Waals surface area contributed by atoms with Gasteiger partial charge in [0.2, 0.25) is 0 Å². The fourth-order valence-electron chi connectivity index (χ4n) is 2.23. The predicted octanol–water partition coefficient (Wildman–Crippen LogP) is -0.385. The van der Waals surface area contributed by atoms with Crippen molar-refractivity contribution < 1.29 is 5.11 Å². The van der Waals surface area contributed by atoms with Crippen LogP contribution in [0.3, 0.4) is 0 Å². The van der Waals surface area contributed by atoms with E-state index in [1.807, 2.05) is 0 Å². The van der Waals surface area contributed by atoms with Crippen LogP contribution >= 0.6 is 0 Å². The van der Waals surface area contributed by atoms with Crippen LogP contribution < -0.4 is 0 Å². The lowest BCUT2D eigenvalue weighted by atomic mass is 9.98. The molecule has 2 saturated heterocycles. The van der Waals surface area contributed by atoms with Gasteiger partial charge in [-0.3, -0.25) is 4.90 Å². The summed E-state index contributed by atoms with van der Waals surface area (Å²) >= 11 is 0. The van der Waals surface area contributed by atoms with Gasteiger partial charge in [-0.05, 0) is 20.0 Å². The van der Waals surface area contributed by atoms with E-state index in [0.29, 0.717) is 12.5 Å². The Labute approximate surface area is 74.0 Å². The van der Waals surface area contributed by atoms with Crippen LogP contribution in [0.5, 0.6) is 0 Å². The zero-order valence-corrected chi connectivity index (χ0v) is 7.74. The minimum absolute atomic E-state index is 0.374. The zero-order chi connectivity index (χ0) is 8.55. The molecule has 0 saturated carbocycles. The van der Waals surface area contributed by atoms with Crippen LogP contribution in [0.25, 0.3) is 0 Å². The molecule has 0 bridgehead atoms. The Morgan fingerprint density at radius 1 is 1.33 bits per heavy atom. The van der Waals surface area contributed by atoms with Gasteiger partial charge in [0, 0.05) is 38.2 Å². The van der Waals surface area contributed by atoms with Crippen molar-refractivity contribution in [1.29, 1.82) is 0 Å². The van der Waals surface area contributed by atoms with Gasteiger partial charge in [0.25, 0.3) is 0 Å². The van der Waals surface area contributed by atoms with Gasteiger partial charge < -0.3 is 10.0 Å². The van der Waals surface area contributed by atoms with Crippen LogP contribution in [0, 0.1) is 5.92 Å². The van der Waals surface area contributed by atoms with Gasteiger partial charge in [0.1, 0.15) is 0 Å². The molecule has 2 fully saturated rings. The van der Waals surface area contributed by atoms with Gasteiger partial charge in [-0.2, -0.15) is 0 Å². The second kappa shape index (κ2) is 3.32. The Hall–Kier alpha value is -0.120. The van der Waals surface area contributed by atoms with Crippen LogP contribution in [-0.2, 0) is 0 Å². The number of aliphatic hydroxyl groups is 1. The van der Waals surface area contributed by atoms with Crippen molar-refractivity contribution in [3.8, 4) is 0 Å². The molecule has 0 amide bonds. The lowest BCUT2D eigenvalue weighted by Crippen LogP contribution is -2.53. The molecule has 70 valence electrons. The third-order valence-corrected chi connectivity index (χ3v) is 3.13. The molecule has 2 heterocycles. The maximum atomic E-state index is 8.86. The molecule has 12 heavy (non-hydrogen) atoms. The molecule has 1 atom stereocenters. The summed E-state index contributed by atoms with van der Waals surface area (Å²) < 4.78 is 0. The summed E-state index contributed by atoms with van der Waals surface area (Å²) in [7, 11) is 2.18. The van der Waals surface area contributed by atoms with E-state index in [9.17, 15) is 0 Å². The summed E-state index contributed by atoms with van der Waals surface area (Å²) in [6.45, 7) is 5.08. The maximum absolute atomic E-state index is 8.86. The Morgan fingerprint density at radius 3 is 2.58 bits per heavy atom. The Kier molecular flexibility index (Phi) is 2.35. The highest BCUT2D eigenvalue weighted by Crippen LogP contribution is 2.23. The van der Waals surface area contributed by atoms with Crippen molar-refractivity contribution in [2.75, 3.05) is 39.8 Å². The molecule has 2 aliphatic heterocycles. The first-order valence-corrected chi connectivity index (χ1v) is 4.83. The van der Waals surface area contributed by atoms with Gasteiger partial charge >= 0.3 is 0 Å². The third kappa shape index (κ3) is 1.49. The Morgan fingerprint density at radius 2 is 2.08 bits per heavy atom. The SMILES string of the molecule is CN1CCC(N2CC(CO)C2)C1. The third-order valence-electron chi connectivity index (χ3n) is 3.13. The van der Waals surface area contributed by atoms with E-state index in [-0.39, 0.29) is 0 Å². The highest BCUT2D eigenvalue weighted by molar-refractivity contribution is 4.89. The number of aliphatic hydroxyl groups excluding tert-OH is 1.